The Hall–Kier alpha value is -3.88. The van der Waals surface area contributed by atoms with Gasteiger partial charge in [-0.15, -0.1) is 0 Å². The number of nitrogens with zero attached hydrogens (tertiary/aromatic N) is 3. The zero-order chi connectivity index (χ0) is 20.1. The van der Waals surface area contributed by atoms with Crippen LogP contribution in [0.4, 0.5) is 11.4 Å². The number of hydrogen-bond donors (Lipinski definition) is 1. The normalized spacial score (nSPS) is 10.4. The van der Waals surface area contributed by atoms with Crippen molar-refractivity contribution in [1.29, 1.82) is 0 Å². The van der Waals surface area contributed by atoms with Gasteiger partial charge in [-0.2, -0.15) is 5.10 Å². The predicted octanol–water partition coefficient (Wildman–Crippen LogP) is 3.86. The van der Waals surface area contributed by atoms with Crippen LogP contribution in [0.5, 0.6) is 17.2 Å². The summed E-state index contributed by atoms with van der Waals surface area (Å²) in [6, 6.07) is 12.4. The Kier molecular flexibility index (Phi) is 5.54. The van der Waals surface area contributed by atoms with Crippen molar-refractivity contribution in [3.05, 3.63) is 70.5 Å². The minimum absolute atomic E-state index is 0.203. The predicted molar refractivity (Wildman–Crippen MR) is 102 cm³/mol. The van der Waals surface area contributed by atoms with E-state index in [2.05, 4.69) is 10.4 Å². The fourth-order valence-electron chi connectivity index (χ4n) is 2.57. The number of anilines is 1. The van der Waals surface area contributed by atoms with Crippen molar-refractivity contribution in [3.63, 3.8) is 0 Å². The molecule has 0 aliphatic heterocycles. The van der Waals surface area contributed by atoms with Gasteiger partial charge in [-0.05, 0) is 37.3 Å². The Balaban J connectivity index is 1.86. The third-order valence-electron chi connectivity index (χ3n) is 3.90. The van der Waals surface area contributed by atoms with Gasteiger partial charge in [0.15, 0.2) is 0 Å². The molecule has 0 spiro atoms. The molecule has 144 valence electrons. The van der Waals surface area contributed by atoms with Crippen molar-refractivity contribution in [1.82, 2.24) is 9.78 Å². The number of carbonyl (C=O) groups is 1. The summed E-state index contributed by atoms with van der Waals surface area (Å²) in [7, 11) is 1.55. The molecule has 0 unspecified atom stereocenters. The summed E-state index contributed by atoms with van der Waals surface area (Å²) in [5.74, 6) is 0.934. The maximum atomic E-state index is 12.5. The fourth-order valence-corrected chi connectivity index (χ4v) is 2.57. The molecule has 0 fully saturated rings. The van der Waals surface area contributed by atoms with Gasteiger partial charge in [-0.3, -0.25) is 19.6 Å². The second-order valence-electron chi connectivity index (χ2n) is 5.74. The maximum Gasteiger partial charge on any atom is 0.275 e. The van der Waals surface area contributed by atoms with E-state index in [4.69, 9.17) is 9.47 Å². The number of carbonyl (C=O) groups excluding carboxylic acids is 1. The Morgan fingerprint density at radius 3 is 2.50 bits per heavy atom. The lowest BCUT2D eigenvalue weighted by atomic mass is 10.2. The highest BCUT2D eigenvalue weighted by Gasteiger charge is 2.16. The van der Waals surface area contributed by atoms with Crippen molar-refractivity contribution in [3.8, 4) is 17.2 Å². The lowest BCUT2D eigenvalue weighted by molar-refractivity contribution is -0.384. The van der Waals surface area contributed by atoms with Crippen LogP contribution < -0.4 is 14.8 Å². The van der Waals surface area contributed by atoms with Crippen molar-refractivity contribution in [2.24, 2.45) is 0 Å². The van der Waals surface area contributed by atoms with Gasteiger partial charge in [-0.25, -0.2) is 0 Å². The first-order valence-corrected chi connectivity index (χ1v) is 8.44. The van der Waals surface area contributed by atoms with E-state index in [-0.39, 0.29) is 17.1 Å². The van der Waals surface area contributed by atoms with Gasteiger partial charge in [0, 0.05) is 24.9 Å². The summed E-state index contributed by atoms with van der Waals surface area (Å²) >= 11 is 0. The number of methoxy groups -OCH3 is 1. The van der Waals surface area contributed by atoms with E-state index >= 15 is 0 Å². The molecule has 0 saturated heterocycles. The van der Waals surface area contributed by atoms with E-state index in [0.717, 1.165) is 0 Å². The molecule has 0 aliphatic carbocycles. The van der Waals surface area contributed by atoms with Crippen LogP contribution in [-0.2, 0) is 6.54 Å². The fraction of sp³-hybridized carbons (Fsp3) is 0.158. The molecule has 0 bridgehead atoms. The summed E-state index contributed by atoms with van der Waals surface area (Å²) in [5, 5.41) is 18.0. The van der Waals surface area contributed by atoms with Gasteiger partial charge in [0.2, 0.25) is 0 Å². The van der Waals surface area contributed by atoms with Crippen molar-refractivity contribution >= 4 is 17.3 Å². The zero-order valence-electron chi connectivity index (χ0n) is 15.3. The Morgan fingerprint density at radius 1 is 1.14 bits per heavy atom. The topological polar surface area (TPSA) is 109 Å². The molecule has 0 atom stereocenters. The van der Waals surface area contributed by atoms with Gasteiger partial charge in [-0.1, -0.05) is 0 Å². The van der Waals surface area contributed by atoms with E-state index in [1.54, 1.807) is 37.4 Å². The van der Waals surface area contributed by atoms with Gasteiger partial charge < -0.3 is 14.8 Å². The number of amides is 1. The third kappa shape index (κ3) is 4.26. The number of ether oxygens (including phenoxy) is 2. The summed E-state index contributed by atoms with van der Waals surface area (Å²) < 4.78 is 12.3. The second-order valence-corrected chi connectivity index (χ2v) is 5.74. The second kappa shape index (κ2) is 8.21. The van der Waals surface area contributed by atoms with Gasteiger partial charge in [0.25, 0.3) is 11.6 Å². The van der Waals surface area contributed by atoms with Crippen LogP contribution in [0.2, 0.25) is 0 Å². The number of aryl methyl sites for hydroxylation is 1. The first-order chi connectivity index (χ1) is 13.5. The molecule has 9 heteroatoms. The molecule has 1 heterocycles. The molecular weight excluding hydrogens is 364 g/mol. The smallest absolute Gasteiger partial charge is 0.275 e. The number of nitro benzene ring substituents is 1. The number of rotatable bonds is 7. The summed E-state index contributed by atoms with van der Waals surface area (Å²) in [6.45, 7) is 2.38. The number of hydrogen-bond acceptors (Lipinski definition) is 6. The van der Waals surface area contributed by atoms with E-state index in [0.29, 0.717) is 23.7 Å². The lowest BCUT2D eigenvalue weighted by Crippen LogP contribution is -2.17. The molecule has 2 aromatic carbocycles. The van der Waals surface area contributed by atoms with Crippen LogP contribution in [-0.4, -0.2) is 27.7 Å². The van der Waals surface area contributed by atoms with Gasteiger partial charge >= 0.3 is 0 Å². The standard InChI is InChI=1S/C19H18N4O5/c1-3-22-18(8-9-20-22)19(24)21-13-10-14(23(25)26)12-17(11-13)28-16-6-4-15(27-2)5-7-16/h4-12H,3H2,1-2H3,(H,21,24). The van der Waals surface area contributed by atoms with E-state index in [1.807, 2.05) is 6.92 Å². The van der Waals surface area contributed by atoms with E-state index in [1.165, 1.54) is 29.1 Å². The number of nitro groups is 1. The minimum Gasteiger partial charge on any atom is -0.497 e. The first-order valence-electron chi connectivity index (χ1n) is 8.44. The Morgan fingerprint density at radius 2 is 1.86 bits per heavy atom. The first kappa shape index (κ1) is 18.9. The molecular formula is C19H18N4O5. The van der Waals surface area contributed by atoms with Crippen LogP contribution in [0.1, 0.15) is 17.4 Å². The maximum absolute atomic E-state index is 12.5. The monoisotopic (exact) mass is 382 g/mol. The number of aromatic nitrogens is 2. The molecule has 3 rings (SSSR count). The summed E-state index contributed by atoms with van der Waals surface area (Å²) in [4.78, 5) is 23.2. The lowest BCUT2D eigenvalue weighted by Gasteiger charge is -2.10. The highest BCUT2D eigenvalue weighted by atomic mass is 16.6. The van der Waals surface area contributed by atoms with Gasteiger partial charge in [0.05, 0.1) is 23.8 Å². The Labute approximate surface area is 160 Å². The summed E-state index contributed by atoms with van der Waals surface area (Å²) in [6.07, 6.45) is 1.52. The average molecular weight is 382 g/mol. The molecule has 1 amide bonds. The Bertz CT molecular complexity index is 998. The van der Waals surface area contributed by atoms with E-state index in [9.17, 15) is 14.9 Å². The molecule has 9 nitrogen and oxygen atoms in total. The number of nitrogens with one attached hydrogen (secondary N) is 1. The molecule has 0 saturated carbocycles. The largest absolute Gasteiger partial charge is 0.497 e. The van der Waals surface area contributed by atoms with E-state index < -0.39 is 10.8 Å². The number of benzene rings is 2. The van der Waals surface area contributed by atoms with Crippen molar-refractivity contribution in [2.75, 3.05) is 12.4 Å². The summed E-state index contributed by atoms with van der Waals surface area (Å²) in [5.41, 5.74) is 0.392. The molecule has 0 radical (unpaired) electrons. The number of non-ortho nitro benzene ring substituents is 1. The van der Waals surface area contributed by atoms with Crippen LogP contribution in [0.15, 0.2) is 54.7 Å². The quantitative estimate of drug-likeness (QED) is 0.491. The van der Waals surface area contributed by atoms with Crippen molar-refractivity contribution < 1.29 is 19.2 Å². The molecule has 1 N–H and O–H groups in total. The van der Waals surface area contributed by atoms with Crippen molar-refractivity contribution in [2.45, 2.75) is 13.5 Å². The van der Waals surface area contributed by atoms with Crippen LogP contribution in [0.25, 0.3) is 0 Å². The molecule has 28 heavy (non-hydrogen) atoms. The SMILES string of the molecule is CCn1nccc1C(=O)Nc1cc(Oc2ccc(OC)cc2)cc([N+](=O)[O-])c1. The molecule has 1 aromatic heterocycles. The van der Waals surface area contributed by atoms with Gasteiger partial charge in [0.1, 0.15) is 22.9 Å². The van der Waals surface area contributed by atoms with Crippen LogP contribution in [0, 0.1) is 10.1 Å². The third-order valence-corrected chi connectivity index (χ3v) is 3.90. The highest BCUT2D eigenvalue weighted by molar-refractivity contribution is 6.03. The molecule has 3 aromatic rings. The highest BCUT2D eigenvalue weighted by Crippen LogP contribution is 2.30. The molecule has 0 aliphatic rings. The van der Waals surface area contributed by atoms with Crippen LogP contribution in [0.3, 0.4) is 0 Å². The average Bonchev–Trinajstić information content (AvgIpc) is 3.17. The van der Waals surface area contributed by atoms with Crippen LogP contribution >= 0.6 is 0 Å². The minimum atomic E-state index is -0.549. The zero-order valence-corrected chi connectivity index (χ0v) is 15.3.